The van der Waals surface area contributed by atoms with E-state index in [0.717, 1.165) is 10.3 Å². The van der Waals surface area contributed by atoms with Crippen molar-refractivity contribution in [2.75, 3.05) is 0 Å². The fourth-order valence-corrected chi connectivity index (χ4v) is 4.02. The van der Waals surface area contributed by atoms with Gasteiger partial charge in [-0.3, -0.25) is 0 Å². The molecule has 1 aromatic rings. The van der Waals surface area contributed by atoms with Crippen LogP contribution in [0, 0.1) is 5.92 Å². The van der Waals surface area contributed by atoms with Gasteiger partial charge in [0.15, 0.2) is 0 Å². The van der Waals surface area contributed by atoms with Crippen molar-refractivity contribution in [2.24, 2.45) is 5.92 Å². The zero-order chi connectivity index (χ0) is 13.0. The Morgan fingerprint density at radius 3 is 2.83 bits per heavy atom. The van der Waals surface area contributed by atoms with Gasteiger partial charge in [-0.25, -0.2) is 0 Å². The molecule has 1 aromatic heterocycles. The number of hydrogen-bond acceptors (Lipinski definition) is 2. The largest absolute Gasteiger partial charge is 0.307 e. The molecule has 1 nitrogen and oxygen atoms in total. The van der Waals surface area contributed by atoms with Crippen molar-refractivity contribution in [1.82, 2.24) is 5.32 Å². The van der Waals surface area contributed by atoms with E-state index in [0.29, 0.717) is 12.1 Å². The predicted molar refractivity (Wildman–Crippen MR) is 81.5 cm³/mol. The van der Waals surface area contributed by atoms with Crippen LogP contribution in [0.2, 0.25) is 4.34 Å². The second-order valence-corrected chi connectivity index (χ2v) is 7.26. The lowest BCUT2D eigenvalue weighted by Crippen LogP contribution is -2.30. The van der Waals surface area contributed by atoms with E-state index < -0.39 is 0 Å². The summed E-state index contributed by atoms with van der Waals surface area (Å²) in [6.07, 6.45) is 8.22. The van der Waals surface area contributed by atoms with Crippen LogP contribution in [0.15, 0.2) is 12.1 Å². The normalized spacial score (nSPS) is 26.8. The van der Waals surface area contributed by atoms with Gasteiger partial charge in [0.2, 0.25) is 0 Å². The van der Waals surface area contributed by atoms with Gasteiger partial charge in [0.05, 0.1) is 4.34 Å². The summed E-state index contributed by atoms with van der Waals surface area (Å²) in [5.41, 5.74) is 0. The molecule has 3 unspecified atom stereocenters. The number of nitrogens with one attached hydrogen (secondary N) is 1. The van der Waals surface area contributed by atoms with Crippen molar-refractivity contribution < 1.29 is 0 Å². The average Bonchev–Trinajstić information content (AvgIpc) is 2.67. The van der Waals surface area contributed by atoms with E-state index >= 15 is 0 Å². The van der Waals surface area contributed by atoms with Crippen LogP contribution in [-0.4, -0.2) is 6.04 Å². The summed E-state index contributed by atoms with van der Waals surface area (Å²) in [5.74, 6) is 0.961. The van der Waals surface area contributed by atoms with Crippen LogP contribution in [-0.2, 0) is 0 Å². The molecule has 1 aliphatic carbocycles. The van der Waals surface area contributed by atoms with Crippen molar-refractivity contribution in [1.29, 1.82) is 0 Å². The number of halogens is 1. The average molecular weight is 286 g/mol. The summed E-state index contributed by atoms with van der Waals surface area (Å²) in [6, 6.07) is 5.28. The molecule has 0 amide bonds. The molecule has 0 aromatic carbocycles. The molecule has 1 N–H and O–H groups in total. The molecule has 18 heavy (non-hydrogen) atoms. The molecule has 102 valence electrons. The van der Waals surface area contributed by atoms with Crippen molar-refractivity contribution in [3.05, 3.63) is 21.3 Å². The topological polar surface area (TPSA) is 12.0 Å². The molecular formula is C15H24ClNS. The van der Waals surface area contributed by atoms with E-state index in [2.05, 4.69) is 25.2 Å². The Kier molecular flexibility index (Phi) is 5.53. The van der Waals surface area contributed by atoms with E-state index in [1.807, 2.05) is 6.07 Å². The first-order valence-electron chi connectivity index (χ1n) is 7.20. The zero-order valence-electron chi connectivity index (χ0n) is 11.4. The standard InChI is InChI=1S/C15H24ClNS/c1-3-12-5-4-6-13(8-7-12)17-11(2)14-9-10-15(16)18-14/h9-13,17H,3-8H2,1-2H3. The maximum Gasteiger partial charge on any atom is 0.0931 e. The Morgan fingerprint density at radius 1 is 1.33 bits per heavy atom. The van der Waals surface area contributed by atoms with Gasteiger partial charge >= 0.3 is 0 Å². The Morgan fingerprint density at radius 2 is 2.17 bits per heavy atom. The molecule has 0 aliphatic heterocycles. The lowest BCUT2D eigenvalue weighted by molar-refractivity contribution is 0.402. The summed E-state index contributed by atoms with van der Waals surface area (Å²) in [7, 11) is 0. The highest BCUT2D eigenvalue weighted by Crippen LogP contribution is 2.30. The van der Waals surface area contributed by atoms with E-state index in [4.69, 9.17) is 11.6 Å². The van der Waals surface area contributed by atoms with Crippen LogP contribution in [0.5, 0.6) is 0 Å². The summed E-state index contributed by atoms with van der Waals surface area (Å²) >= 11 is 7.70. The first-order chi connectivity index (χ1) is 8.69. The lowest BCUT2D eigenvalue weighted by atomic mass is 9.98. The third-order valence-corrected chi connectivity index (χ3v) is 5.59. The van der Waals surface area contributed by atoms with Crippen molar-refractivity contribution in [3.63, 3.8) is 0 Å². The Labute approximate surface area is 120 Å². The van der Waals surface area contributed by atoms with Crippen LogP contribution >= 0.6 is 22.9 Å². The summed E-state index contributed by atoms with van der Waals surface area (Å²) in [6.45, 7) is 4.58. The molecule has 1 aliphatic rings. The van der Waals surface area contributed by atoms with Crippen LogP contribution in [0.25, 0.3) is 0 Å². The number of hydrogen-bond donors (Lipinski definition) is 1. The zero-order valence-corrected chi connectivity index (χ0v) is 13.0. The maximum absolute atomic E-state index is 6.00. The highest BCUT2D eigenvalue weighted by atomic mass is 35.5. The van der Waals surface area contributed by atoms with Gasteiger partial charge in [0, 0.05) is 17.0 Å². The minimum Gasteiger partial charge on any atom is -0.307 e. The van der Waals surface area contributed by atoms with E-state index in [1.165, 1.54) is 43.4 Å². The minimum atomic E-state index is 0.436. The van der Waals surface area contributed by atoms with Crippen molar-refractivity contribution in [3.8, 4) is 0 Å². The monoisotopic (exact) mass is 285 g/mol. The van der Waals surface area contributed by atoms with E-state index in [9.17, 15) is 0 Å². The van der Waals surface area contributed by atoms with Gasteiger partial charge in [-0.05, 0) is 44.2 Å². The fraction of sp³-hybridized carbons (Fsp3) is 0.733. The molecule has 1 heterocycles. The Balaban J connectivity index is 1.85. The fourth-order valence-electron chi connectivity index (χ4n) is 2.95. The second-order valence-electron chi connectivity index (χ2n) is 5.51. The van der Waals surface area contributed by atoms with Crippen LogP contribution < -0.4 is 5.32 Å². The highest BCUT2D eigenvalue weighted by molar-refractivity contribution is 7.16. The van der Waals surface area contributed by atoms with Crippen molar-refractivity contribution >= 4 is 22.9 Å². The molecule has 0 spiro atoms. The van der Waals surface area contributed by atoms with E-state index in [1.54, 1.807) is 11.3 Å². The molecule has 0 radical (unpaired) electrons. The SMILES string of the molecule is CCC1CCCC(NC(C)c2ccc(Cl)s2)CC1. The van der Waals surface area contributed by atoms with Crippen LogP contribution in [0.3, 0.4) is 0 Å². The van der Waals surface area contributed by atoms with Gasteiger partial charge in [0.25, 0.3) is 0 Å². The molecule has 0 saturated heterocycles. The molecular weight excluding hydrogens is 262 g/mol. The molecule has 3 atom stereocenters. The van der Waals surface area contributed by atoms with Gasteiger partial charge in [-0.2, -0.15) is 0 Å². The smallest absolute Gasteiger partial charge is 0.0931 e. The van der Waals surface area contributed by atoms with Crippen LogP contribution in [0.4, 0.5) is 0 Å². The van der Waals surface area contributed by atoms with Crippen LogP contribution in [0.1, 0.15) is 63.3 Å². The quantitative estimate of drug-likeness (QED) is 0.729. The van der Waals surface area contributed by atoms with E-state index in [-0.39, 0.29) is 0 Å². The first-order valence-corrected chi connectivity index (χ1v) is 8.39. The number of rotatable bonds is 4. The maximum atomic E-state index is 6.00. The van der Waals surface area contributed by atoms with Gasteiger partial charge in [0.1, 0.15) is 0 Å². The predicted octanol–water partition coefficient (Wildman–Crippen LogP) is 5.41. The van der Waals surface area contributed by atoms with Gasteiger partial charge < -0.3 is 5.32 Å². The summed E-state index contributed by atoms with van der Waals surface area (Å²) in [4.78, 5) is 1.36. The second kappa shape index (κ2) is 6.93. The molecule has 1 saturated carbocycles. The Bertz CT molecular complexity index is 363. The Hall–Kier alpha value is -0.0500. The van der Waals surface area contributed by atoms with Gasteiger partial charge in [-0.15, -0.1) is 11.3 Å². The third kappa shape index (κ3) is 3.97. The lowest BCUT2D eigenvalue weighted by Gasteiger charge is -2.21. The summed E-state index contributed by atoms with van der Waals surface area (Å²) in [5, 5.41) is 3.78. The third-order valence-electron chi connectivity index (χ3n) is 4.17. The molecule has 1 fully saturated rings. The molecule has 0 bridgehead atoms. The molecule has 2 rings (SSSR count). The first kappa shape index (κ1) is 14.4. The van der Waals surface area contributed by atoms with Crippen molar-refractivity contribution in [2.45, 2.75) is 64.5 Å². The number of thiophene rings is 1. The minimum absolute atomic E-state index is 0.436. The molecule has 3 heteroatoms. The summed E-state index contributed by atoms with van der Waals surface area (Å²) < 4.78 is 0.894. The highest BCUT2D eigenvalue weighted by Gasteiger charge is 2.19. The van der Waals surface area contributed by atoms with Gasteiger partial charge in [-0.1, -0.05) is 37.8 Å².